The van der Waals surface area contributed by atoms with Crippen molar-refractivity contribution in [3.63, 3.8) is 0 Å². The van der Waals surface area contributed by atoms with Crippen LogP contribution < -0.4 is 15.8 Å². The maximum atomic E-state index is 12.5. The van der Waals surface area contributed by atoms with E-state index in [1.807, 2.05) is 31.2 Å². The topological polar surface area (TPSA) is 64.3 Å². The number of benzene rings is 1. The van der Waals surface area contributed by atoms with Crippen LogP contribution in [0.3, 0.4) is 0 Å². The average Bonchev–Trinajstić information content (AvgIpc) is 3.00. The molecule has 108 valence electrons. The van der Waals surface area contributed by atoms with Crippen molar-refractivity contribution in [2.24, 2.45) is 23.5 Å². The Morgan fingerprint density at radius 2 is 2.20 bits per heavy atom. The Morgan fingerprint density at radius 1 is 1.40 bits per heavy atom. The van der Waals surface area contributed by atoms with Gasteiger partial charge >= 0.3 is 0 Å². The zero-order valence-corrected chi connectivity index (χ0v) is 11.8. The highest BCUT2D eigenvalue weighted by molar-refractivity contribution is 5.93. The van der Waals surface area contributed by atoms with E-state index in [1.165, 1.54) is 6.42 Å². The van der Waals surface area contributed by atoms with Crippen LogP contribution in [0, 0.1) is 17.8 Å². The van der Waals surface area contributed by atoms with E-state index < -0.39 is 0 Å². The Balaban J connectivity index is 1.68. The molecule has 2 aliphatic rings. The van der Waals surface area contributed by atoms with Crippen LogP contribution >= 0.6 is 0 Å². The zero-order chi connectivity index (χ0) is 14.1. The molecular weight excluding hydrogens is 252 g/mol. The van der Waals surface area contributed by atoms with Gasteiger partial charge in [-0.2, -0.15) is 0 Å². The first kappa shape index (κ1) is 13.4. The van der Waals surface area contributed by atoms with Crippen molar-refractivity contribution in [2.75, 3.05) is 11.9 Å². The number of carbonyl (C=O) groups is 1. The van der Waals surface area contributed by atoms with Gasteiger partial charge in [-0.05, 0) is 50.2 Å². The van der Waals surface area contributed by atoms with E-state index in [0.717, 1.165) is 24.3 Å². The molecule has 2 fully saturated rings. The zero-order valence-electron chi connectivity index (χ0n) is 11.8. The van der Waals surface area contributed by atoms with Gasteiger partial charge in [-0.25, -0.2) is 0 Å². The molecular formula is C16H22N2O2. The molecule has 4 heteroatoms. The summed E-state index contributed by atoms with van der Waals surface area (Å²) in [7, 11) is 0. The molecule has 3 rings (SSSR count). The number of fused-ring (bicyclic) bond motifs is 2. The lowest BCUT2D eigenvalue weighted by atomic mass is 9.84. The fraction of sp³-hybridized carbons (Fsp3) is 0.562. The SMILES string of the molecule is CCOc1cccc(NC(=O)C2C3CCC(C3)C2N)c1. The van der Waals surface area contributed by atoms with Gasteiger partial charge in [0.05, 0.1) is 12.5 Å². The molecule has 2 aliphatic carbocycles. The maximum Gasteiger partial charge on any atom is 0.229 e. The molecule has 0 radical (unpaired) electrons. The quantitative estimate of drug-likeness (QED) is 0.886. The lowest BCUT2D eigenvalue weighted by Gasteiger charge is -2.27. The van der Waals surface area contributed by atoms with Gasteiger partial charge in [0.2, 0.25) is 5.91 Å². The minimum Gasteiger partial charge on any atom is -0.494 e. The molecule has 1 aromatic carbocycles. The first-order valence-corrected chi connectivity index (χ1v) is 7.48. The lowest BCUT2D eigenvalue weighted by Crippen LogP contribution is -2.42. The van der Waals surface area contributed by atoms with E-state index in [4.69, 9.17) is 10.5 Å². The van der Waals surface area contributed by atoms with Crippen LogP contribution in [0.1, 0.15) is 26.2 Å². The van der Waals surface area contributed by atoms with Gasteiger partial charge in [0.1, 0.15) is 5.75 Å². The second kappa shape index (κ2) is 5.44. The summed E-state index contributed by atoms with van der Waals surface area (Å²) in [5.74, 6) is 1.85. The number of amides is 1. The highest BCUT2D eigenvalue weighted by Gasteiger charge is 2.49. The van der Waals surface area contributed by atoms with Crippen LogP contribution in [0.2, 0.25) is 0 Å². The average molecular weight is 274 g/mol. The van der Waals surface area contributed by atoms with Crippen molar-refractivity contribution >= 4 is 11.6 Å². The largest absolute Gasteiger partial charge is 0.494 e. The van der Waals surface area contributed by atoms with E-state index in [-0.39, 0.29) is 17.9 Å². The molecule has 0 aliphatic heterocycles. The fourth-order valence-corrected chi connectivity index (χ4v) is 3.78. The third-order valence-electron chi connectivity index (χ3n) is 4.70. The first-order valence-electron chi connectivity index (χ1n) is 7.48. The Bertz CT molecular complexity index is 501. The Kier molecular flexibility index (Phi) is 3.66. The molecule has 1 aromatic rings. The second-order valence-electron chi connectivity index (χ2n) is 5.89. The van der Waals surface area contributed by atoms with Crippen molar-refractivity contribution in [3.8, 4) is 5.75 Å². The van der Waals surface area contributed by atoms with Gasteiger partial charge in [-0.1, -0.05) is 6.07 Å². The van der Waals surface area contributed by atoms with Crippen molar-refractivity contribution in [1.29, 1.82) is 0 Å². The van der Waals surface area contributed by atoms with E-state index in [1.54, 1.807) is 0 Å². The Morgan fingerprint density at radius 3 is 2.90 bits per heavy atom. The number of nitrogens with two attached hydrogens (primary N) is 1. The van der Waals surface area contributed by atoms with Crippen molar-refractivity contribution in [2.45, 2.75) is 32.2 Å². The van der Waals surface area contributed by atoms with Gasteiger partial charge < -0.3 is 15.8 Å². The molecule has 0 heterocycles. The molecule has 4 nitrogen and oxygen atoms in total. The number of hydrogen-bond donors (Lipinski definition) is 2. The summed E-state index contributed by atoms with van der Waals surface area (Å²) >= 11 is 0. The minimum absolute atomic E-state index is 0.0236. The molecule has 0 saturated heterocycles. The summed E-state index contributed by atoms with van der Waals surface area (Å²) in [6.45, 7) is 2.56. The van der Waals surface area contributed by atoms with Gasteiger partial charge in [-0.3, -0.25) is 4.79 Å². The molecule has 1 amide bonds. The van der Waals surface area contributed by atoms with Crippen molar-refractivity contribution in [1.82, 2.24) is 0 Å². The molecule has 4 atom stereocenters. The summed E-state index contributed by atoms with van der Waals surface area (Å²) in [5.41, 5.74) is 7.00. The fourth-order valence-electron chi connectivity index (χ4n) is 3.78. The summed E-state index contributed by atoms with van der Waals surface area (Å²) in [6.07, 6.45) is 3.46. The normalized spacial score (nSPS) is 31.3. The van der Waals surface area contributed by atoms with Crippen LogP contribution in [0.25, 0.3) is 0 Å². The molecule has 3 N–H and O–H groups in total. The predicted molar refractivity (Wildman–Crippen MR) is 78.5 cm³/mol. The van der Waals surface area contributed by atoms with E-state index in [2.05, 4.69) is 5.32 Å². The van der Waals surface area contributed by atoms with Crippen molar-refractivity contribution in [3.05, 3.63) is 24.3 Å². The summed E-state index contributed by atoms with van der Waals surface area (Å²) < 4.78 is 5.45. The highest BCUT2D eigenvalue weighted by Crippen LogP contribution is 2.47. The summed E-state index contributed by atoms with van der Waals surface area (Å²) in [6, 6.07) is 7.56. The van der Waals surface area contributed by atoms with Crippen LogP contribution in [0.5, 0.6) is 5.75 Å². The van der Waals surface area contributed by atoms with Crippen LogP contribution in [0.15, 0.2) is 24.3 Å². The van der Waals surface area contributed by atoms with E-state index in [9.17, 15) is 4.79 Å². The number of anilines is 1. The second-order valence-corrected chi connectivity index (χ2v) is 5.89. The van der Waals surface area contributed by atoms with E-state index >= 15 is 0 Å². The smallest absolute Gasteiger partial charge is 0.229 e. The lowest BCUT2D eigenvalue weighted by molar-refractivity contribution is -0.121. The Labute approximate surface area is 119 Å². The number of nitrogens with one attached hydrogen (secondary N) is 1. The molecule has 20 heavy (non-hydrogen) atoms. The van der Waals surface area contributed by atoms with Gasteiger partial charge in [0.15, 0.2) is 0 Å². The number of hydrogen-bond acceptors (Lipinski definition) is 3. The van der Waals surface area contributed by atoms with Crippen LogP contribution in [-0.2, 0) is 4.79 Å². The van der Waals surface area contributed by atoms with Gasteiger partial charge in [-0.15, -0.1) is 0 Å². The summed E-state index contributed by atoms with van der Waals surface area (Å²) in [4.78, 5) is 12.5. The maximum absolute atomic E-state index is 12.5. The van der Waals surface area contributed by atoms with Crippen LogP contribution in [0.4, 0.5) is 5.69 Å². The molecule has 2 bridgehead atoms. The molecule has 0 aromatic heterocycles. The van der Waals surface area contributed by atoms with E-state index in [0.29, 0.717) is 18.4 Å². The number of carbonyl (C=O) groups excluding carboxylic acids is 1. The monoisotopic (exact) mass is 274 g/mol. The Hall–Kier alpha value is -1.55. The summed E-state index contributed by atoms with van der Waals surface area (Å²) in [5, 5.41) is 3.00. The first-order chi connectivity index (χ1) is 9.69. The van der Waals surface area contributed by atoms with Gasteiger partial charge in [0.25, 0.3) is 0 Å². The third-order valence-corrected chi connectivity index (χ3v) is 4.70. The third kappa shape index (κ3) is 2.40. The van der Waals surface area contributed by atoms with Crippen LogP contribution in [-0.4, -0.2) is 18.6 Å². The molecule has 4 unspecified atom stereocenters. The van der Waals surface area contributed by atoms with Crippen molar-refractivity contribution < 1.29 is 9.53 Å². The number of ether oxygens (including phenoxy) is 1. The minimum atomic E-state index is -0.0236. The molecule has 2 saturated carbocycles. The highest BCUT2D eigenvalue weighted by atomic mass is 16.5. The van der Waals surface area contributed by atoms with Gasteiger partial charge in [0, 0.05) is 17.8 Å². The molecule has 0 spiro atoms. The predicted octanol–water partition coefficient (Wildman–Crippen LogP) is 2.40. The standard InChI is InChI=1S/C16H22N2O2/c1-2-20-13-5-3-4-12(9-13)18-16(19)14-10-6-7-11(8-10)15(14)17/h3-5,9-11,14-15H,2,6-8,17H2,1H3,(H,18,19). The number of rotatable bonds is 4.